The summed E-state index contributed by atoms with van der Waals surface area (Å²) >= 11 is 0. The number of hydrogen-bond donors (Lipinski definition) is 0. The Labute approximate surface area is 97.9 Å². The molecule has 16 heavy (non-hydrogen) atoms. The standard InChI is InChI=1S/C13H21N3/c1-10(2)16-6-4-5-12(9-16)13-7-14-11(3)15-8-13/h7-8,10,12H,4-6,9H2,1-3H3. The molecule has 0 bridgehead atoms. The summed E-state index contributed by atoms with van der Waals surface area (Å²) in [7, 11) is 0. The average Bonchev–Trinajstić information content (AvgIpc) is 2.30. The lowest BCUT2D eigenvalue weighted by atomic mass is 9.92. The first-order valence-electron chi connectivity index (χ1n) is 6.19. The third kappa shape index (κ3) is 2.59. The van der Waals surface area contributed by atoms with Crippen molar-refractivity contribution in [1.29, 1.82) is 0 Å². The molecule has 2 heterocycles. The highest BCUT2D eigenvalue weighted by Crippen LogP contribution is 2.26. The first-order valence-corrected chi connectivity index (χ1v) is 6.19. The van der Waals surface area contributed by atoms with Crippen molar-refractivity contribution in [2.24, 2.45) is 0 Å². The topological polar surface area (TPSA) is 29.0 Å². The van der Waals surface area contributed by atoms with Crippen LogP contribution in [0.4, 0.5) is 0 Å². The van der Waals surface area contributed by atoms with Gasteiger partial charge in [-0.1, -0.05) is 0 Å². The molecular formula is C13H21N3. The summed E-state index contributed by atoms with van der Waals surface area (Å²) in [6, 6.07) is 0.647. The Morgan fingerprint density at radius 2 is 2.00 bits per heavy atom. The molecule has 0 saturated carbocycles. The van der Waals surface area contributed by atoms with E-state index in [0.29, 0.717) is 12.0 Å². The summed E-state index contributed by atoms with van der Waals surface area (Å²) in [6.45, 7) is 8.87. The molecule has 0 N–H and O–H groups in total. The molecule has 0 radical (unpaired) electrons. The molecule has 1 aromatic rings. The van der Waals surface area contributed by atoms with E-state index in [0.717, 1.165) is 12.4 Å². The first kappa shape index (κ1) is 11.5. The van der Waals surface area contributed by atoms with Crippen LogP contribution in [0.5, 0.6) is 0 Å². The van der Waals surface area contributed by atoms with Gasteiger partial charge in [-0.3, -0.25) is 0 Å². The Hall–Kier alpha value is -0.960. The highest BCUT2D eigenvalue weighted by molar-refractivity contribution is 5.13. The molecule has 0 aliphatic carbocycles. The number of aromatic nitrogens is 2. The van der Waals surface area contributed by atoms with Gasteiger partial charge in [-0.05, 0) is 51.6 Å². The second kappa shape index (κ2) is 4.91. The number of nitrogens with zero attached hydrogens (tertiary/aromatic N) is 3. The second-order valence-corrected chi connectivity index (χ2v) is 4.99. The quantitative estimate of drug-likeness (QED) is 0.764. The highest BCUT2D eigenvalue weighted by Gasteiger charge is 2.23. The van der Waals surface area contributed by atoms with Crippen LogP contribution in [0, 0.1) is 6.92 Å². The minimum atomic E-state index is 0.622. The molecule has 1 aromatic heterocycles. The number of aryl methyl sites for hydroxylation is 1. The minimum absolute atomic E-state index is 0.622. The van der Waals surface area contributed by atoms with Gasteiger partial charge in [-0.2, -0.15) is 0 Å². The summed E-state index contributed by atoms with van der Waals surface area (Å²) in [6.07, 6.45) is 6.56. The summed E-state index contributed by atoms with van der Waals surface area (Å²) in [4.78, 5) is 11.1. The normalized spacial score (nSPS) is 22.6. The van der Waals surface area contributed by atoms with Gasteiger partial charge in [-0.25, -0.2) is 9.97 Å². The van der Waals surface area contributed by atoms with Crippen LogP contribution in [0.3, 0.4) is 0 Å². The summed E-state index contributed by atoms with van der Waals surface area (Å²) in [5.41, 5.74) is 1.30. The molecule has 0 aromatic carbocycles. The molecule has 1 saturated heterocycles. The molecule has 3 nitrogen and oxygen atoms in total. The van der Waals surface area contributed by atoms with Crippen LogP contribution < -0.4 is 0 Å². The SMILES string of the molecule is Cc1ncc(C2CCCN(C(C)C)C2)cn1. The molecule has 1 aliphatic heterocycles. The maximum absolute atomic E-state index is 4.29. The van der Waals surface area contributed by atoms with Crippen LogP contribution in [0.15, 0.2) is 12.4 Å². The lowest BCUT2D eigenvalue weighted by Crippen LogP contribution is -2.39. The predicted molar refractivity (Wildman–Crippen MR) is 65.5 cm³/mol. The summed E-state index contributed by atoms with van der Waals surface area (Å²) < 4.78 is 0. The first-order chi connectivity index (χ1) is 7.66. The van der Waals surface area contributed by atoms with Gasteiger partial charge in [-0.15, -0.1) is 0 Å². The van der Waals surface area contributed by atoms with Crippen molar-refractivity contribution in [2.45, 2.75) is 45.6 Å². The molecule has 1 aliphatic rings. The van der Waals surface area contributed by atoms with Crippen molar-refractivity contribution in [3.05, 3.63) is 23.8 Å². The van der Waals surface area contributed by atoms with Gasteiger partial charge in [0.1, 0.15) is 5.82 Å². The molecule has 1 atom stereocenters. The zero-order chi connectivity index (χ0) is 11.5. The van der Waals surface area contributed by atoms with Crippen LogP contribution in [-0.2, 0) is 0 Å². The summed E-state index contributed by atoms with van der Waals surface area (Å²) in [5, 5.41) is 0. The Morgan fingerprint density at radius 1 is 1.31 bits per heavy atom. The predicted octanol–water partition coefficient (Wildman–Crippen LogP) is 2.37. The minimum Gasteiger partial charge on any atom is -0.300 e. The van der Waals surface area contributed by atoms with Gasteiger partial charge >= 0.3 is 0 Å². The van der Waals surface area contributed by atoms with Gasteiger partial charge in [0.15, 0.2) is 0 Å². The van der Waals surface area contributed by atoms with Crippen LogP contribution in [0.1, 0.15) is 44.0 Å². The van der Waals surface area contributed by atoms with Crippen molar-refractivity contribution in [3.63, 3.8) is 0 Å². The van der Waals surface area contributed by atoms with Gasteiger partial charge < -0.3 is 4.90 Å². The van der Waals surface area contributed by atoms with Gasteiger partial charge in [0.25, 0.3) is 0 Å². The van der Waals surface area contributed by atoms with Crippen LogP contribution in [-0.4, -0.2) is 34.0 Å². The van der Waals surface area contributed by atoms with Crippen molar-refractivity contribution in [3.8, 4) is 0 Å². The lowest BCUT2D eigenvalue weighted by Gasteiger charge is -2.35. The van der Waals surface area contributed by atoms with Crippen LogP contribution in [0.25, 0.3) is 0 Å². The highest BCUT2D eigenvalue weighted by atomic mass is 15.2. The summed E-state index contributed by atoms with van der Waals surface area (Å²) in [5.74, 6) is 1.48. The third-order valence-electron chi connectivity index (χ3n) is 3.46. The number of hydrogen-bond acceptors (Lipinski definition) is 3. The third-order valence-corrected chi connectivity index (χ3v) is 3.46. The van der Waals surface area contributed by atoms with E-state index in [9.17, 15) is 0 Å². The Balaban J connectivity index is 2.06. The van der Waals surface area contributed by atoms with E-state index in [4.69, 9.17) is 0 Å². The van der Waals surface area contributed by atoms with Gasteiger partial charge in [0.05, 0.1) is 0 Å². The Kier molecular flexibility index (Phi) is 3.54. The van der Waals surface area contributed by atoms with E-state index in [2.05, 4.69) is 28.7 Å². The molecule has 1 unspecified atom stereocenters. The molecule has 2 rings (SSSR count). The van der Waals surface area contributed by atoms with Crippen molar-refractivity contribution in [1.82, 2.24) is 14.9 Å². The Morgan fingerprint density at radius 3 is 2.62 bits per heavy atom. The number of piperidine rings is 1. The fourth-order valence-electron chi connectivity index (χ4n) is 2.36. The molecule has 0 amide bonds. The van der Waals surface area contributed by atoms with Gasteiger partial charge in [0, 0.05) is 25.0 Å². The smallest absolute Gasteiger partial charge is 0.125 e. The van der Waals surface area contributed by atoms with Crippen LogP contribution >= 0.6 is 0 Å². The number of likely N-dealkylation sites (tertiary alicyclic amines) is 1. The largest absolute Gasteiger partial charge is 0.300 e. The molecule has 3 heteroatoms. The van der Waals surface area contributed by atoms with E-state index >= 15 is 0 Å². The van der Waals surface area contributed by atoms with Gasteiger partial charge in [0.2, 0.25) is 0 Å². The van der Waals surface area contributed by atoms with E-state index in [-0.39, 0.29) is 0 Å². The van der Waals surface area contributed by atoms with Crippen molar-refractivity contribution in [2.75, 3.05) is 13.1 Å². The van der Waals surface area contributed by atoms with Crippen molar-refractivity contribution < 1.29 is 0 Å². The zero-order valence-electron chi connectivity index (χ0n) is 10.5. The van der Waals surface area contributed by atoms with Crippen LogP contribution in [0.2, 0.25) is 0 Å². The van der Waals surface area contributed by atoms with E-state index < -0.39 is 0 Å². The van der Waals surface area contributed by atoms with E-state index in [1.165, 1.54) is 24.9 Å². The van der Waals surface area contributed by atoms with Crippen molar-refractivity contribution >= 4 is 0 Å². The molecule has 1 fully saturated rings. The fraction of sp³-hybridized carbons (Fsp3) is 0.692. The van der Waals surface area contributed by atoms with E-state index in [1.54, 1.807) is 0 Å². The average molecular weight is 219 g/mol. The maximum Gasteiger partial charge on any atom is 0.125 e. The maximum atomic E-state index is 4.29. The van der Waals surface area contributed by atoms with E-state index in [1.807, 2.05) is 19.3 Å². The number of rotatable bonds is 2. The monoisotopic (exact) mass is 219 g/mol. The molecule has 88 valence electrons. The zero-order valence-corrected chi connectivity index (χ0v) is 10.5. The molecular weight excluding hydrogens is 198 g/mol. The second-order valence-electron chi connectivity index (χ2n) is 4.99. The molecule has 0 spiro atoms. The fourth-order valence-corrected chi connectivity index (χ4v) is 2.36. The lowest BCUT2D eigenvalue weighted by molar-refractivity contribution is 0.167. The Bertz CT molecular complexity index is 332.